The van der Waals surface area contributed by atoms with Gasteiger partial charge in [-0.2, -0.15) is 5.10 Å². The number of rotatable bonds is 5. The lowest BCUT2D eigenvalue weighted by molar-refractivity contribution is -0.162. The summed E-state index contributed by atoms with van der Waals surface area (Å²) in [6.07, 6.45) is -3.24. The van der Waals surface area contributed by atoms with E-state index in [0.717, 1.165) is 0 Å². The number of nitrogens with zero attached hydrogens (tertiary/aromatic N) is 3. The molecule has 6 N–H and O–H groups in total. The fourth-order valence-corrected chi connectivity index (χ4v) is 3.06. The highest BCUT2D eigenvalue weighted by atomic mass is 16.6. The van der Waals surface area contributed by atoms with Crippen molar-refractivity contribution < 1.29 is 29.3 Å². The number of primary amides is 1. The second-order valence-corrected chi connectivity index (χ2v) is 6.64. The van der Waals surface area contributed by atoms with Crippen molar-refractivity contribution in [3.8, 4) is 0 Å². The quantitative estimate of drug-likeness (QED) is 0.442. The third-order valence-corrected chi connectivity index (χ3v) is 4.55. The number of esters is 1. The summed E-state index contributed by atoms with van der Waals surface area (Å²) in [7, 11) is 0. The van der Waals surface area contributed by atoms with Crippen LogP contribution in [0.15, 0.2) is 18.5 Å². The number of fused-ring (bicyclic) bond motifs is 1. The molecule has 0 bridgehead atoms. The Hall–Kier alpha value is -2.76. The molecule has 0 unspecified atom stereocenters. The number of amides is 1. The maximum Gasteiger partial charge on any atom is 0.308 e. The molecule has 0 radical (unpaired) electrons. The summed E-state index contributed by atoms with van der Waals surface area (Å²) < 4.78 is 12.0. The normalized spacial score (nSPS) is 28.0. The second kappa shape index (κ2) is 6.76. The standard InChI is InChI=1S/C16H21N5O6/c1-7(2)14(24)26-5-9-11(22)12(23)16(27-9,15(18)25)10-4-3-8-13(17)19-6-20-21(8)10/h3-4,6-7,9,11-12,22-23H,5H2,1-2H3,(H2,18,25)(H2,17,19,20)/t9-,11-,12-,16+/m1/s1. The number of carbonyl (C=O) groups is 2. The van der Waals surface area contributed by atoms with Crippen LogP contribution >= 0.6 is 0 Å². The minimum Gasteiger partial charge on any atom is -0.463 e. The molecular weight excluding hydrogens is 358 g/mol. The summed E-state index contributed by atoms with van der Waals surface area (Å²) in [5.74, 6) is -1.79. The molecule has 4 atom stereocenters. The Morgan fingerprint density at radius 2 is 2.11 bits per heavy atom. The number of aliphatic hydroxyl groups is 2. The minimum absolute atomic E-state index is 0.0725. The highest BCUT2D eigenvalue weighted by molar-refractivity contribution is 5.87. The van der Waals surface area contributed by atoms with Crippen molar-refractivity contribution in [1.82, 2.24) is 14.6 Å². The van der Waals surface area contributed by atoms with E-state index in [2.05, 4.69) is 10.1 Å². The summed E-state index contributed by atoms with van der Waals surface area (Å²) in [6.45, 7) is 2.94. The van der Waals surface area contributed by atoms with Gasteiger partial charge in [0.15, 0.2) is 5.82 Å². The molecule has 1 aliphatic rings. The van der Waals surface area contributed by atoms with E-state index in [1.807, 2.05) is 0 Å². The molecule has 2 aromatic heterocycles. The van der Waals surface area contributed by atoms with Gasteiger partial charge >= 0.3 is 5.97 Å². The molecule has 11 nitrogen and oxygen atoms in total. The van der Waals surface area contributed by atoms with Gasteiger partial charge in [0, 0.05) is 0 Å². The van der Waals surface area contributed by atoms with Crippen LogP contribution in [0, 0.1) is 5.92 Å². The maximum atomic E-state index is 12.3. The van der Waals surface area contributed by atoms with Crippen molar-refractivity contribution in [3.63, 3.8) is 0 Å². The van der Waals surface area contributed by atoms with Crippen molar-refractivity contribution >= 4 is 23.2 Å². The number of nitrogens with two attached hydrogens (primary N) is 2. The van der Waals surface area contributed by atoms with Gasteiger partial charge in [-0.3, -0.25) is 9.59 Å². The average molecular weight is 379 g/mol. The summed E-state index contributed by atoms with van der Waals surface area (Å²) in [5, 5.41) is 25.0. The lowest BCUT2D eigenvalue weighted by Crippen LogP contribution is -2.51. The van der Waals surface area contributed by atoms with Gasteiger partial charge in [-0.15, -0.1) is 0 Å². The van der Waals surface area contributed by atoms with E-state index in [4.69, 9.17) is 20.9 Å². The van der Waals surface area contributed by atoms with Crippen LogP contribution in [-0.4, -0.2) is 61.6 Å². The van der Waals surface area contributed by atoms with Gasteiger partial charge in [-0.25, -0.2) is 9.50 Å². The lowest BCUT2D eigenvalue weighted by Gasteiger charge is -2.28. The Kier molecular flexibility index (Phi) is 4.76. The Bertz CT molecular complexity index is 883. The fourth-order valence-electron chi connectivity index (χ4n) is 3.06. The van der Waals surface area contributed by atoms with Crippen LogP contribution in [0.25, 0.3) is 5.52 Å². The number of carbonyl (C=O) groups excluding carboxylic acids is 2. The number of hydrogen-bond acceptors (Lipinski definition) is 9. The molecule has 1 amide bonds. The first-order valence-corrected chi connectivity index (χ1v) is 8.29. The van der Waals surface area contributed by atoms with E-state index in [0.29, 0.717) is 5.52 Å². The Morgan fingerprint density at radius 3 is 2.74 bits per heavy atom. The Labute approximate surface area is 153 Å². The molecule has 0 spiro atoms. The van der Waals surface area contributed by atoms with Crippen LogP contribution < -0.4 is 11.5 Å². The van der Waals surface area contributed by atoms with Gasteiger partial charge in [0.25, 0.3) is 5.91 Å². The van der Waals surface area contributed by atoms with Crippen molar-refractivity contribution in [2.24, 2.45) is 11.7 Å². The van der Waals surface area contributed by atoms with Crippen LogP contribution in [0.1, 0.15) is 19.5 Å². The van der Waals surface area contributed by atoms with Gasteiger partial charge in [-0.05, 0) is 12.1 Å². The predicted octanol–water partition coefficient (Wildman–Crippen LogP) is -1.69. The number of nitrogen functional groups attached to an aromatic ring is 1. The van der Waals surface area contributed by atoms with Crippen molar-refractivity contribution in [3.05, 3.63) is 24.2 Å². The number of hydrogen-bond donors (Lipinski definition) is 4. The van der Waals surface area contributed by atoms with Crippen molar-refractivity contribution in [2.45, 2.75) is 37.8 Å². The van der Waals surface area contributed by atoms with Gasteiger partial charge in [0.05, 0.1) is 11.6 Å². The third kappa shape index (κ3) is 2.89. The highest BCUT2D eigenvalue weighted by Crippen LogP contribution is 2.40. The van der Waals surface area contributed by atoms with Crippen molar-refractivity contribution in [1.29, 1.82) is 0 Å². The highest BCUT2D eigenvalue weighted by Gasteiger charge is 2.61. The lowest BCUT2D eigenvalue weighted by atomic mass is 9.90. The SMILES string of the molecule is CC(C)C(=O)OC[C@H]1O[C@@](C(N)=O)(c2ccc3c(N)ncnn23)[C@H](O)[C@@H]1O. The van der Waals surface area contributed by atoms with Crippen LogP contribution in [0.2, 0.25) is 0 Å². The summed E-state index contributed by atoms with van der Waals surface area (Å²) in [5.41, 5.74) is 9.66. The van der Waals surface area contributed by atoms with Gasteiger partial charge in [0.2, 0.25) is 5.60 Å². The number of aliphatic hydroxyl groups excluding tert-OH is 2. The first-order chi connectivity index (χ1) is 12.7. The summed E-state index contributed by atoms with van der Waals surface area (Å²) >= 11 is 0. The molecule has 146 valence electrons. The Morgan fingerprint density at radius 1 is 1.41 bits per heavy atom. The molecule has 0 saturated carbocycles. The van der Waals surface area contributed by atoms with E-state index in [-0.39, 0.29) is 24.0 Å². The summed E-state index contributed by atoms with van der Waals surface area (Å²) in [6, 6.07) is 2.98. The zero-order valence-electron chi connectivity index (χ0n) is 14.8. The van der Waals surface area contributed by atoms with E-state index >= 15 is 0 Å². The topological polar surface area (TPSA) is 175 Å². The number of anilines is 1. The molecule has 11 heteroatoms. The number of aromatic nitrogens is 3. The predicted molar refractivity (Wildman–Crippen MR) is 91.0 cm³/mol. The van der Waals surface area contributed by atoms with E-state index in [9.17, 15) is 19.8 Å². The molecule has 3 rings (SSSR count). The zero-order chi connectivity index (χ0) is 19.9. The van der Waals surface area contributed by atoms with E-state index < -0.39 is 35.8 Å². The smallest absolute Gasteiger partial charge is 0.308 e. The molecule has 0 aromatic carbocycles. The zero-order valence-corrected chi connectivity index (χ0v) is 14.8. The van der Waals surface area contributed by atoms with Crippen LogP contribution in [0.3, 0.4) is 0 Å². The van der Waals surface area contributed by atoms with Gasteiger partial charge in [-0.1, -0.05) is 13.8 Å². The van der Waals surface area contributed by atoms with E-state index in [1.54, 1.807) is 13.8 Å². The van der Waals surface area contributed by atoms with Crippen LogP contribution in [0.5, 0.6) is 0 Å². The van der Waals surface area contributed by atoms with Gasteiger partial charge < -0.3 is 31.2 Å². The largest absolute Gasteiger partial charge is 0.463 e. The first kappa shape index (κ1) is 19.0. The van der Waals surface area contributed by atoms with Crippen molar-refractivity contribution in [2.75, 3.05) is 12.3 Å². The number of ether oxygens (including phenoxy) is 2. The molecule has 1 aliphatic heterocycles. The molecule has 3 heterocycles. The maximum absolute atomic E-state index is 12.3. The monoisotopic (exact) mass is 379 g/mol. The summed E-state index contributed by atoms with van der Waals surface area (Å²) in [4.78, 5) is 27.9. The van der Waals surface area contributed by atoms with E-state index in [1.165, 1.54) is 23.0 Å². The molecule has 1 saturated heterocycles. The average Bonchev–Trinajstić information content (AvgIpc) is 3.15. The first-order valence-electron chi connectivity index (χ1n) is 8.29. The fraction of sp³-hybridized carbons (Fsp3) is 0.500. The van der Waals surface area contributed by atoms with Crippen LogP contribution in [-0.2, 0) is 24.7 Å². The Balaban J connectivity index is 2.00. The van der Waals surface area contributed by atoms with Gasteiger partial charge in [0.1, 0.15) is 36.8 Å². The second-order valence-electron chi connectivity index (χ2n) is 6.64. The minimum atomic E-state index is -2.11. The molecular formula is C16H21N5O6. The van der Waals surface area contributed by atoms with Crippen LogP contribution in [0.4, 0.5) is 5.82 Å². The molecule has 0 aliphatic carbocycles. The third-order valence-electron chi connectivity index (χ3n) is 4.55. The molecule has 2 aromatic rings. The molecule has 27 heavy (non-hydrogen) atoms. The molecule has 1 fully saturated rings.